The van der Waals surface area contributed by atoms with E-state index in [1.807, 2.05) is 0 Å². The largest absolute Gasteiger partial charge is 0.313 e. The maximum atomic E-state index is 3.69. The molecule has 0 amide bonds. The van der Waals surface area contributed by atoms with E-state index in [1.54, 1.807) is 0 Å². The molecule has 0 aromatic heterocycles. The Morgan fingerprint density at radius 2 is 2.17 bits per heavy atom. The van der Waals surface area contributed by atoms with Crippen LogP contribution in [0, 0.1) is 11.8 Å². The molecule has 1 aliphatic heterocycles. The summed E-state index contributed by atoms with van der Waals surface area (Å²) < 4.78 is 0. The molecule has 70 valence electrons. The number of nitrogens with one attached hydrogen (secondary N) is 1. The van der Waals surface area contributed by atoms with Gasteiger partial charge in [0.1, 0.15) is 0 Å². The van der Waals surface area contributed by atoms with Gasteiger partial charge < -0.3 is 5.32 Å². The van der Waals surface area contributed by atoms with Crippen LogP contribution in [0.2, 0.25) is 0 Å². The minimum atomic E-state index is 0.902. The third kappa shape index (κ3) is 1.52. The summed E-state index contributed by atoms with van der Waals surface area (Å²) >= 11 is 0. The number of fused-ring (bicyclic) bond motifs is 1. The quantitative estimate of drug-likeness (QED) is 0.666. The van der Waals surface area contributed by atoms with Gasteiger partial charge in [-0.3, -0.25) is 0 Å². The first-order valence-electron chi connectivity index (χ1n) is 5.65. The average molecular weight is 167 g/mol. The van der Waals surface area contributed by atoms with Gasteiger partial charge in [-0.25, -0.2) is 0 Å². The molecule has 2 fully saturated rings. The Kier molecular flexibility index (Phi) is 2.69. The Balaban J connectivity index is 1.94. The maximum absolute atomic E-state index is 3.69. The van der Waals surface area contributed by atoms with Crippen molar-refractivity contribution in [2.24, 2.45) is 11.8 Å². The fraction of sp³-hybridized carbons (Fsp3) is 1.00. The molecule has 2 aliphatic rings. The molecule has 0 bridgehead atoms. The van der Waals surface area contributed by atoms with Gasteiger partial charge in [-0.05, 0) is 44.1 Å². The highest BCUT2D eigenvalue weighted by Crippen LogP contribution is 2.36. The molecular weight excluding hydrogens is 146 g/mol. The third-order valence-corrected chi connectivity index (χ3v) is 3.72. The molecule has 2 rings (SSSR count). The molecule has 1 nitrogen and oxygen atoms in total. The fourth-order valence-electron chi connectivity index (χ4n) is 3.17. The summed E-state index contributed by atoms with van der Waals surface area (Å²) in [6.07, 6.45) is 8.75. The molecule has 0 radical (unpaired) electrons. The molecule has 3 unspecified atom stereocenters. The van der Waals surface area contributed by atoms with Gasteiger partial charge in [-0.2, -0.15) is 0 Å². The standard InChI is InChI=1S/C11H21N/c1-2-4-9-5-3-6-10-7-8-12-11(9)10/h9-12H,2-8H2,1H3. The summed E-state index contributed by atoms with van der Waals surface area (Å²) in [6, 6.07) is 0.902. The molecule has 0 spiro atoms. The van der Waals surface area contributed by atoms with E-state index in [0.29, 0.717) is 0 Å². The van der Waals surface area contributed by atoms with Gasteiger partial charge in [-0.15, -0.1) is 0 Å². The lowest BCUT2D eigenvalue weighted by atomic mass is 9.76. The van der Waals surface area contributed by atoms with Crippen LogP contribution in [0.3, 0.4) is 0 Å². The molecule has 1 heterocycles. The van der Waals surface area contributed by atoms with E-state index in [2.05, 4.69) is 12.2 Å². The monoisotopic (exact) mass is 167 g/mol. The van der Waals surface area contributed by atoms with Gasteiger partial charge in [0, 0.05) is 6.04 Å². The minimum Gasteiger partial charge on any atom is -0.313 e. The Bertz CT molecular complexity index is 142. The Morgan fingerprint density at radius 3 is 3.00 bits per heavy atom. The predicted molar refractivity (Wildman–Crippen MR) is 52.1 cm³/mol. The summed E-state index contributed by atoms with van der Waals surface area (Å²) in [5.74, 6) is 2.05. The van der Waals surface area contributed by atoms with E-state index in [1.165, 1.54) is 45.1 Å². The van der Waals surface area contributed by atoms with Gasteiger partial charge >= 0.3 is 0 Å². The first kappa shape index (κ1) is 8.55. The van der Waals surface area contributed by atoms with Crippen LogP contribution in [0.25, 0.3) is 0 Å². The van der Waals surface area contributed by atoms with Crippen molar-refractivity contribution < 1.29 is 0 Å². The van der Waals surface area contributed by atoms with Crippen molar-refractivity contribution in [3.05, 3.63) is 0 Å². The second-order valence-electron chi connectivity index (χ2n) is 4.51. The smallest absolute Gasteiger partial charge is 0.0124 e. The highest BCUT2D eigenvalue weighted by Gasteiger charge is 2.35. The second-order valence-corrected chi connectivity index (χ2v) is 4.51. The first-order chi connectivity index (χ1) is 5.92. The summed E-state index contributed by atoms with van der Waals surface area (Å²) in [7, 11) is 0. The van der Waals surface area contributed by atoms with Gasteiger partial charge in [0.2, 0.25) is 0 Å². The lowest BCUT2D eigenvalue weighted by Crippen LogP contribution is -2.37. The third-order valence-electron chi connectivity index (χ3n) is 3.72. The zero-order valence-electron chi connectivity index (χ0n) is 8.18. The summed E-state index contributed by atoms with van der Waals surface area (Å²) in [4.78, 5) is 0. The van der Waals surface area contributed by atoms with E-state index >= 15 is 0 Å². The number of hydrogen-bond acceptors (Lipinski definition) is 1. The average Bonchev–Trinajstić information content (AvgIpc) is 2.53. The summed E-state index contributed by atoms with van der Waals surface area (Å²) in [5, 5.41) is 3.69. The van der Waals surface area contributed by atoms with Crippen molar-refractivity contribution >= 4 is 0 Å². The van der Waals surface area contributed by atoms with Crippen LogP contribution in [0.5, 0.6) is 0 Å². The summed E-state index contributed by atoms with van der Waals surface area (Å²) in [5.41, 5.74) is 0. The summed E-state index contributed by atoms with van der Waals surface area (Å²) in [6.45, 7) is 3.61. The predicted octanol–water partition coefficient (Wildman–Crippen LogP) is 2.56. The molecule has 12 heavy (non-hydrogen) atoms. The van der Waals surface area contributed by atoms with Gasteiger partial charge in [0.15, 0.2) is 0 Å². The lowest BCUT2D eigenvalue weighted by Gasteiger charge is -2.33. The molecule has 1 aliphatic carbocycles. The van der Waals surface area contributed by atoms with Crippen LogP contribution in [0.4, 0.5) is 0 Å². The van der Waals surface area contributed by atoms with Gasteiger partial charge in [-0.1, -0.05) is 19.8 Å². The van der Waals surface area contributed by atoms with E-state index < -0.39 is 0 Å². The Morgan fingerprint density at radius 1 is 1.25 bits per heavy atom. The maximum Gasteiger partial charge on any atom is 0.0124 e. The van der Waals surface area contributed by atoms with Crippen LogP contribution in [-0.2, 0) is 0 Å². The molecular formula is C11H21N. The fourth-order valence-corrected chi connectivity index (χ4v) is 3.17. The molecule has 1 saturated heterocycles. The van der Waals surface area contributed by atoms with Gasteiger partial charge in [0.05, 0.1) is 0 Å². The lowest BCUT2D eigenvalue weighted by molar-refractivity contribution is 0.217. The van der Waals surface area contributed by atoms with Crippen LogP contribution < -0.4 is 5.32 Å². The Hall–Kier alpha value is -0.0400. The van der Waals surface area contributed by atoms with Crippen LogP contribution in [0.15, 0.2) is 0 Å². The molecule has 3 atom stereocenters. The number of rotatable bonds is 2. The zero-order valence-corrected chi connectivity index (χ0v) is 8.18. The molecule has 0 aromatic rings. The van der Waals surface area contributed by atoms with E-state index in [9.17, 15) is 0 Å². The molecule has 0 aromatic carbocycles. The number of hydrogen-bond donors (Lipinski definition) is 1. The van der Waals surface area contributed by atoms with Crippen molar-refractivity contribution in [3.8, 4) is 0 Å². The van der Waals surface area contributed by atoms with Crippen LogP contribution in [-0.4, -0.2) is 12.6 Å². The minimum absolute atomic E-state index is 0.902. The van der Waals surface area contributed by atoms with Crippen molar-refractivity contribution in [3.63, 3.8) is 0 Å². The second kappa shape index (κ2) is 3.78. The van der Waals surface area contributed by atoms with Crippen molar-refractivity contribution in [2.45, 2.75) is 51.5 Å². The van der Waals surface area contributed by atoms with E-state index in [0.717, 1.165) is 17.9 Å². The zero-order chi connectivity index (χ0) is 8.39. The normalized spacial score (nSPS) is 41.2. The van der Waals surface area contributed by atoms with Crippen LogP contribution in [0.1, 0.15) is 45.4 Å². The van der Waals surface area contributed by atoms with E-state index in [-0.39, 0.29) is 0 Å². The van der Waals surface area contributed by atoms with Crippen molar-refractivity contribution in [1.82, 2.24) is 5.32 Å². The highest BCUT2D eigenvalue weighted by molar-refractivity contribution is 4.91. The topological polar surface area (TPSA) is 12.0 Å². The SMILES string of the molecule is CCCC1CCCC2CCNC12. The molecule has 1 saturated carbocycles. The van der Waals surface area contributed by atoms with Crippen molar-refractivity contribution in [2.75, 3.05) is 6.54 Å². The first-order valence-corrected chi connectivity index (χ1v) is 5.65. The van der Waals surface area contributed by atoms with Crippen LogP contribution >= 0.6 is 0 Å². The van der Waals surface area contributed by atoms with Crippen molar-refractivity contribution in [1.29, 1.82) is 0 Å². The molecule has 1 heteroatoms. The molecule has 1 N–H and O–H groups in total. The highest BCUT2D eigenvalue weighted by atomic mass is 15.0. The Labute approximate surface area is 75.9 Å². The van der Waals surface area contributed by atoms with Gasteiger partial charge in [0.25, 0.3) is 0 Å². The van der Waals surface area contributed by atoms with E-state index in [4.69, 9.17) is 0 Å².